The third kappa shape index (κ3) is 5.02. The topological polar surface area (TPSA) is 124 Å². The molecule has 0 unspecified atom stereocenters. The van der Waals surface area contributed by atoms with Crippen molar-refractivity contribution in [3.8, 4) is 5.75 Å². The number of hydrogen-bond donors (Lipinski definition) is 1. The molecule has 3 aromatic rings. The van der Waals surface area contributed by atoms with Crippen molar-refractivity contribution in [2.75, 3.05) is 0 Å². The second-order valence-corrected chi connectivity index (χ2v) is 6.51. The van der Waals surface area contributed by atoms with Crippen LogP contribution in [0.1, 0.15) is 26.5 Å². The van der Waals surface area contributed by atoms with E-state index in [0.29, 0.717) is 5.02 Å². The monoisotopic (exact) mass is 447 g/mol. The van der Waals surface area contributed by atoms with E-state index in [4.69, 9.17) is 32.4 Å². The second-order valence-electron chi connectivity index (χ2n) is 5.67. The normalized spacial score (nSPS) is 10.7. The third-order valence-electron chi connectivity index (χ3n) is 3.67. The number of rotatable bonds is 6. The van der Waals surface area contributed by atoms with Crippen LogP contribution in [0.5, 0.6) is 5.75 Å². The van der Waals surface area contributed by atoms with Gasteiger partial charge in [0.2, 0.25) is 5.76 Å². The first-order chi connectivity index (χ1) is 14.3. The molecule has 0 fully saturated rings. The number of hydrogen-bond acceptors (Lipinski definition) is 7. The lowest BCUT2D eigenvalue weighted by molar-refractivity contribution is -0.384. The van der Waals surface area contributed by atoms with E-state index in [-0.39, 0.29) is 33.3 Å². The van der Waals surface area contributed by atoms with Crippen molar-refractivity contribution in [1.29, 1.82) is 0 Å². The Hall–Kier alpha value is -3.69. The molecular formula is C19H11Cl2N3O6. The van der Waals surface area contributed by atoms with Gasteiger partial charge < -0.3 is 9.15 Å². The molecule has 1 N–H and O–H groups in total. The summed E-state index contributed by atoms with van der Waals surface area (Å²) in [5.41, 5.74) is 2.18. The number of nitrogens with one attached hydrogen (secondary N) is 1. The number of non-ortho nitro benzene ring substituents is 1. The number of nitrogens with zero attached hydrogens (tertiary/aromatic N) is 2. The summed E-state index contributed by atoms with van der Waals surface area (Å²) < 4.78 is 10.2. The van der Waals surface area contributed by atoms with Crippen molar-refractivity contribution < 1.29 is 23.7 Å². The van der Waals surface area contributed by atoms with Gasteiger partial charge in [-0.25, -0.2) is 10.2 Å². The standard InChI is InChI=1S/C19H11Cl2N3O6/c20-12-3-5-14(15(21)9-12)18(25)23-22-10-11-8-13(24(27)28)4-6-16(11)30-19(26)17-2-1-7-29-17/h1-10H,(H,23,25)/b22-10+. The lowest BCUT2D eigenvalue weighted by atomic mass is 10.2. The maximum atomic E-state index is 12.2. The fraction of sp³-hybridized carbons (Fsp3) is 0. The van der Waals surface area contributed by atoms with Gasteiger partial charge in [-0.3, -0.25) is 14.9 Å². The second kappa shape index (κ2) is 9.21. The molecular weight excluding hydrogens is 437 g/mol. The molecule has 1 aromatic heterocycles. The van der Waals surface area contributed by atoms with Crippen LogP contribution in [-0.2, 0) is 0 Å². The summed E-state index contributed by atoms with van der Waals surface area (Å²) in [5, 5.41) is 15.3. The van der Waals surface area contributed by atoms with Crippen molar-refractivity contribution in [3.05, 3.63) is 91.8 Å². The Bertz CT molecular complexity index is 1150. The third-order valence-corrected chi connectivity index (χ3v) is 4.22. The lowest BCUT2D eigenvalue weighted by Gasteiger charge is -2.06. The van der Waals surface area contributed by atoms with Gasteiger partial charge in [0.15, 0.2) is 0 Å². The summed E-state index contributed by atoms with van der Waals surface area (Å²) in [6.45, 7) is 0. The highest BCUT2D eigenvalue weighted by atomic mass is 35.5. The van der Waals surface area contributed by atoms with Crippen molar-refractivity contribution in [2.24, 2.45) is 5.10 Å². The Morgan fingerprint density at radius 2 is 1.97 bits per heavy atom. The number of carbonyl (C=O) groups excluding carboxylic acids is 2. The first-order valence-corrected chi connectivity index (χ1v) is 8.93. The highest BCUT2D eigenvalue weighted by molar-refractivity contribution is 6.36. The minimum atomic E-state index is -0.805. The van der Waals surface area contributed by atoms with Gasteiger partial charge in [0.25, 0.3) is 11.6 Å². The average molecular weight is 448 g/mol. The quantitative estimate of drug-likeness (QED) is 0.195. The number of hydrazone groups is 1. The molecule has 0 aliphatic carbocycles. The number of carbonyl (C=O) groups is 2. The van der Waals surface area contributed by atoms with E-state index in [9.17, 15) is 19.7 Å². The molecule has 30 heavy (non-hydrogen) atoms. The smallest absolute Gasteiger partial charge is 0.379 e. The SMILES string of the molecule is O=C(Oc1ccc([N+](=O)[O-])cc1/C=N/NC(=O)c1ccc(Cl)cc1Cl)c1ccco1. The minimum absolute atomic E-state index is 0.0236. The molecule has 11 heteroatoms. The first-order valence-electron chi connectivity index (χ1n) is 8.17. The number of amides is 1. The van der Waals surface area contributed by atoms with Crippen LogP contribution in [0.2, 0.25) is 10.0 Å². The van der Waals surface area contributed by atoms with Gasteiger partial charge in [0.1, 0.15) is 5.75 Å². The van der Waals surface area contributed by atoms with Gasteiger partial charge in [-0.1, -0.05) is 23.2 Å². The molecule has 2 aromatic carbocycles. The van der Waals surface area contributed by atoms with Gasteiger partial charge >= 0.3 is 5.97 Å². The minimum Gasteiger partial charge on any atom is -0.457 e. The van der Waals surface area contributed by atoms with Crippen LogP contribution in [0.4, 0.5) is 5.69 Å². The van der Waals surface area contributed by atoms with Crippen LogP contribution in [0.25, 0.3) is 0 Å². The van der Waals surface area contributed by atoms with Crippen LogP contribution in [0.15, 0.2) is 64.3 Å². The zero-order chi connectivity index (χ0) is 21.7. The molecule has 0 saturated carbocycles. The molecule has 0 aliphatic heterocycles. The Labute approximate surface area is 179 Å². The summed E-state index contributed by atoms with van der Waals surface area (Å²) in [6.07, 6.45) is 2.39. The number of esters is 1. The number of nitro benzene ring substituents is 1. The largest absolute Gasteiger partial charge is 0.457 e. The molecule has 0 spiro atoms. The van der Waals surface area contributed by atoms with E-state index in [0.717, 1.165) is 18.3 Å². The predicted octanol–water partition coefficient (Wildman–Crippen LogP) is 4.48. The van der Waals surface area contributed by atoms with Gasteiger partial charge in [0, 0.05) is 22.7 Å². The molecule has 152 valence electrons. The van der Waals surface area contributed by atoms with Crippen LogP contribution in [-0.4, -0.2) is 23.0 Å². The number of halogens is 2. The van der Waals surface area contributed by atoms with E-state index >= 15 is 0 Å². The highest BCUT2D eigenvalue weighted by Gasteiger charge is 2.17. The molecule has 3 rings (SSSR count). The maximum Gasteiger partial charge on any atom is 0.379 e. The Morgan fingerprint density at radius 1 is 1.17 bits per heavy atom. The molecule has 9 nitrogen and oxygen atoms in total. The fourth-order valence-corrected chi connectivity index (χ4v) is 2.78. The average Bonchev–Trinajstić information content (AvgIpc) is 3.23. The van der Waals surface area contributed by atoms with Crippen molar-refractivity contribution in [2.45, 2.75) is 0 Å². The van der Waals surface area contributed by atoms with E-state index in [2.05, 4.69) is 10.5 Å². The lowest BCUT2D eigenvalue weighted by Crippen LogP contribution is -2.18. The van der Waals surface area contributed by atoms with Crippen LogP contribution >= 0.6 is 23.2 Å². The number of benzene rings is 2. The molecule has 1 heterocycles. The van der Waals surface area contributed by atoms with E-state index in [1.807, 2.05) is 0 Å². The maximum absolute atomic E-state index is 12.2. The van der Waals surface area contributed by atoms with E-state index < -0.39 is 16.8 Å². The van der Waals surface area contributed by atoms with E-state index in [1.165, 1.54) is 42.7 Å². The number of nitro groups is 1. The Kier molecular flexibility index (Phi) is 6.45. The van der Waals surface area contributed by atoms with E-state index in [1.54, 1.807) is 0 Å². The number of furan rings is 1. The van der Waals surface area contributed by atoms with Crippen molar-refractivity contribution >= 4 is 47.0 Å². The summed E-state index contributed by atoms with van der Waals surface area (Å²) >= 11 is 11.8. The van der Waals surface area contributed by atoms with Crippen LogP contribution in [0, 0.1) is 10.1 Å². The van der Waals surface area contributed by atoms with Gasteiger partial charge in [-0.15, -0.1) is 0 Å². The molecule has 1 amide bonds. The summed E-state index contributed by atoms with van der Waals surface area (Å²) in [5.74, 6) is -1.51. The molecule has 0 bridgehead atoms. The van der Waals surface area contributed by atoms with Crippen molar-refractivity contribution in [1.82, 2.24) is 5.43 Å². The summed E-state index contributed by atoms with van der Waals surface area (Å²) in [7, 11) is 0. The molecule has 0 saturated heterocycles. The molecule has 0 radical (unpaired) electrons. The van der Waals surface area contributed by atoms with Crippen LogP contribution < -0.4 is 10.2 Å². The zero-order valence-corrected chi connectivity index (χ0v) is 16.4. The summed E-state index contributed by atoms with van der Waals surface area (Å²) in [4.78, 5) is 34.7. The highest BCUT2D eigenvalue weighted by Crippen LogP contribution is 2.24. The van der Waals surface area contributed by atoms with Gasteiger partial charge in [0.05, 0.1) is 28.0 Å². The molecule has 0 aliphatic rings. The Morgan fingerprint density at radius 3 is 2.63 bits per heavy atom. The number of ether oxygens (including phenoxy) is 1. The first kappa shape index (κ1) is 21.0. The van der Waals surface area contributed by atoms with Gasteiger partial charge in [-0.2, -0.15) is 5.10 Å². The predicted molar refractivity (Wildman–Crippen MR) is 108 cm³/mol. The van der Waals surface area contributed by atoms with Crippen LogP contribution in [0.3, 0.4) is 0 Å². The summed E-state index contributed by atoms with van der Waals surface area (Å²) in [6, 6.07) is 10.7. The Balaban J connectivity index is 1.81. The fourth-order valence-electron chi connectivity index (χ4n) is 2.28. The van der Waals surface area contributed by atoms with Crippen molar-refractivity contribution in [3.63, 3.8) is 0 Å². The van der Waals surface area contributed by atoms with Gasteiger partial charge in [-0.05, 0) is 36.4 Å². The zero-order valence-electron chi connectivity index (χ0n) is 14.9. The molecule has 0 atom stereocenters.